The minimum atomic E-state index is -0.00317. The average Bonchev–Trinajstić information content (AvgIpc) is 2.94. The molecule has 1 aliphatic heterocycles. The van der Waals surface area contributed by atoms with Crippen LogP contribution in [0.25, 0.3) is 0 Å². The first-order chi connectivity index (χ1) is 8.66. The molecule has 18 heavy (non-hydrogen) atoms. The van der Waals surface area contributed by atoms with Gasteiger partial charge in [-0.2, -0.15) is 5.10 Å². The van der Waals surface area contributed by atoms with Gasteiger partial charge in [-0.15, -0.1) is 0 Å². The van der Waals surface area contributed by atoms with Crippen molar-refractivity contribution in [1.29, 1.82) is 0 Å². The number of nitrogens with one attached hydrogen (secondary N) is 1. The van der Waals surface area contributed by atoms with E-state index in [1.54, 1.807) is 17.9 Å². The predicted octanol–water partition coefficient (Wildman–Crippen LogP) is 2.02. The third-order valence-corrected chi connectivity index (χ3v) is 3.79. The largest absolute Gasteiger partial charge is 0.309 e. The number of rotatable bonds is 2. The minimum absolute atomic E-state index is 0.00317. The maximum Gasteiger partial charge on any atom is 0.212 e. The number of halogens is 1. The smallest absolute Gasteiger partial charge is 0.212 e. The Labute approximate surface area is 113 Å². The van der Waals surface area contributed by atoms with Gasteiger partial charge in [0.15, 0.2) is 0 Å². The van der Waals surface area contributed by atoms with Crippen molar-refractivity contribution in [3.05, 3.63) is 51.3 Å². The van der Waals surface area contributed by atoms with E-state index < -0.39 is 0 Å². The normalized spacial score (nSPS) is 13.7. The van der Waals surface area contributed by atoms with E-state index >= 15 is 0 Å². The summed E-state index contributed by atoms with van der Waals surface area (Å²) < 4.78 is 2.33. The Morgan fingerprint density at radius 1 is 1.39 bits per heavy atom. The summed E-state index contributed by atoms with van der Waals surface area (Å²) in [5.41, 5.74) is 3.78. The van der Waals surface area contributed by atoms with E-state index in [9.17, 15) is 4.79 Å². The first-order valence-electron chi connectivity index (χ1n) is 5.71. The van der Waals surface area contributed by atoms with Crippen LogP contribution in [0.1, 0.15) is 27.2 Å². The monoisotopic (exact) mass is 305 g/mol. The molecule has 5 heteroatoms. The highest BCUT2D eigenvalue weighted by Crippen LogP contribution is 2.22. The van der Waals surface area contributed by atoms with Crippen LogP contribution in [0, 0.1) is 0 Å². The van der Waals surface area contributed by atoms with Crippen molar-refractivity contribution in [2.45, 2.75) is 13.1 Å². The number of hydrogen-bond donors (Lipinski definition) is 1. The van der Waals surface area contributed by atoms with Crippen LogP contribution in [0.4, 0.5) is 0 Å². The SMILES string of the molecule is Cn1ncc(Br)c1C(=O)c1ccc2c(c1)CNC2. The second kappa shape index (κ2) is 4.33. The molecule has 0 atom stereocenters. The van der Waals surface area contributed by atoms with E-state index in [2.05, 4.69) is 26.3 Å². The van der Waals surface area contributed by atoms with E-state index in [0.29, 0.717) is 11.3 Å². The van der Waals surface area contributed by atoms with Gasteiger partial charge in [0.1, 0.15) is 5.69 Å². The summed E-state index contributed by atoms with van der Waals surface area (Å²) in [6.07, 6.45) is 1.64. The van der Waals surface area contributed by atoms with Crippen molar-refractivity contribution in [3.8, 4) is 0 Å². The van der Waals surface area contributed by atoms with E-state index in [-0.39, 0.29) is 5.78 Å². The maximum absolute atomic E-state index is 12.4. The molecule has 0 aliphatic carbocycles. The number of fused-ring (bicyclic) bond motifs is 1. The van der Waals surface area contributed by atoms with Gasteiger partial charge in [0.2, 0.25) is 5.78 Å². The third kappa shape index (κ3) is 1.79. The molecule has 92 valence electrons. The summed E-state index contributed by atoms with van der Waals surface area (Å²) in [5.74, 6) is -0.00317. The van der Waals surface area contributed by atoms with Crippen molar-refractivity contribution in [2.75, 3.05) is 0 Å². The lowest BCUT2D eigenvalue weighted by Crippen LogP contribution is -2.09. The molecule has 1 aromatic carbocycles. The first-order valence-corrected chi connectivity index (χ1v) is 6.51. The highest BCUT2D eigenvalue weighted by molar-refractivity contribution is 9.10. The van der Waals surface area contributed by atoms with Gasteiger partial charge in [-0.3, -0.25) is 9.48 Å². The Bertz CT molecular complexity index is 614. The molecule has 0 unspecified atom stereocenters. The molecule has 0 amide bonds. The molecule has 0 radical (unpaired) electrons. The number of aromatic nitrogens is 2. The summed E-state index contributed by atoms with van der Waals surface area (Å²) in [6, 6.07) is 5.87. The van der Waals surface area contributed by atoms with Crippen LogP contribution in [0.2, 0.25) is 0 Å². The molecule has 0 spiro atoms. The first kappa shape index (κ1) is 11.6. The number of benzene rings is 1. The van der Waals surface area contributed by atoms with Crippen LogP contribution in [0.15, 0.2) is 28.9 Å². The fourth-order valence-corrected chi connectivity index (χ4v) is 2.77. The molecular weight excluding hydrogens is 294 g/mol. The van der Waals surface area contributed by atoms with E-state index in [1.165, 1.54) is 11.1 Å². The molecule has 0 saturated carbocycles. The van der Waals surface area contributed by atoms with Crippen LogP contribution < -0.4 is 5.32 Å². The number of nitrogens with zero attached hydrogens (tertiary/aromatic N) is 2. The van der Waals surface area contributed by atoms with Gasteiger partial charge in [0.05, 0.1) is 10.7 Å². The summed E-state index contributed by atoms with van der Waals surface area (Å²) in [6.45, 7) is 1.72. The van der Waals surface area contributed by atoms with Crippen LogP contribution in [0.5, 0.6) is 0 Å². The van der Waals surface area contributed by atoms with Crippen molar-refractivity contribution in [3.63, 3.8) is 0 Å². The minimum Gasteiger partial charge on any atom is -0.309 e. The quantitative estimate of drug-likeness (QED) is 0.864. The molecule has 0 bridgehead atoms. The lowest BCUT2D eigenvalue weighted by molar-refractivity contribution is 0.102. The topological polar surface area (TPSA) is 46.9 Å². The second-order valence-corrected chi connectivity index (χ2v) is 5.24. The fraction of sp³-hybridized carbons (Fsp3) is 0.231. The zero-order valence-electron chi connectivity index (χ0n) is 9.90. The summed E-state index contributed by atoms with van der Waals surface area (Å²) in [7, 11) is 1.77. The lowest BCUT2D eigenvalue weighted by Gasteiger charge is -2.05. The highest BCUT2D eigenvalue weighted by Gasteiger charge is 2.19. The Morgan fingerprint density at radius 3 is 2.89 bits per heavy atom. The molecule has 0 fully saturated rings. The average molecular weight is 306 g/mol. The molecule has 4 nitrogen and oxygen atoms in total. The van der Waals surface area contributed by atoms with Gasteiger partial charge in [-0.25, -0.2) is 0 Å². The number of carbonyl (C=O) groups is 1. The van der Waals surface area contributed by atoms with Crippen LogP contribution in [0.3, 0.4) is 0 Å². The van der Waals surface area contributed by atoms with Gasteiger partial charge in [-0.1, -0.05) is 12.1 Å². The molecule has 1 aliphatic rings. The number of aryl methyl sites for hydroxylation is 1. The van der Waals surface area contributed by atoms with Gasteiger partial charge >= 0.3 is 0 Å². The molecule has 1 N–H and O–H groups in total. The second-order valence-electron chi connectivity index (χ2n) is 4.38. The number of hydrogen-bond acceptors (Lipinski definition) is 3. The lowest BCUT2D eigenvalue weighted by atomic mass is 10.0. The Balaban J connectivity index is 2.03. The molecular formula is C13H12BrN3O. The van der Waals surface area contributed by atoms with E-state index in [4.69, 9.17) is 0 Å². The zero-order valence-corrected chi connectivity index (χ0v) is 11.5. The standard InChI is InChI=1S/C13H12BrN3O/c1-17-12(11(14)7-16-17)13(18)8-2-3-9-5-15-6-10(9)4-8/h2-4,7,15H,5-6H2,1H3. The fourth-order valence-electron chi connectivity index (χ4n) is 2.24. The summed E-state index contributed by atoms with van der Waals surface area (Å²) >= 11 is 3.36. The van der Waals surface area contributed by atoms with E-state index in [1.807, 2.05) is 18.2 Å². The Kier molecular flexibility index (Phi) is 2.80. The number of ketones is 1. The zero-order chi connectivity index (χ0) is 12.7. The van der Waals surface area contributed by atoms with Gasteiger partial charge < -0.3 is 5.32 Å². The van der Waals surface area contributed by atoms with Crippen LogP contribution >= 0.6 is 15.9 Å². The molecule has 1 aromatic heterocycles. The third-order valence-electron chi connectivity index (χ3n) is 3.21. The Morgan fingerprint density at radius 2 is 2.17 bits per heavy atom. The van der Waals surface area contributed by atoms with Gasteiger partial charge in [0.25, 0.3) is 0 Å². The highest BCUT2D eigenvalue weighted by atomic mass is 79.9. The van der Waals surface area contributed by atoms with Crippen LogP contribution in [-0.4, -0.2) is 15.6 Å². The predicted molar refractivity (Wildman–Crippen MR) is 71.3 cm³/mol. The van der Waals surface area contributed by atoms with Gasteiger partial charge in [-0.05, 0) is 33.1 Å². The summed E-state index contributed by atoms with van der Waals surface area (Å²) in [5, 5.41) is 7.35. The van der Waals surface area contributed by atoms with Crippen LogP contribution in [-0.2, 0) is 20.1 Å². The summed E-state index contributed by atoms with van der Waals surface area (Å²) in [4.78, 5) is 12.4. The van der Waals surface area contributed by atoms with Crippen molar-refractivity contribution in [1.82, 2.24) is 15.1 Å². The molecule has 2 heterocycles. The van der Waals surface area contributed by atoms with Crippen molar-refractivity contribution >= 4 is 21.7 Å². The molecule has 2 aromatic rings. The maximum atomic E-state index is 12.4. The van der Waals surface area contributed by atoms with Crippen molar-refractivity contribution in [2.24, 2.45) is 7.05 Å². The molecule has 3 rings (SSSR count). The molecule has 0 saturated heterocycles. The van der Waals surface area contributed by atoms with Crippen molar-refractivity contribution < 1.29 is 4.79 Å². The van der Waals surface area contributed by atoms with E-state index in [0.717, 1.165) is 17.6 Å². The Hall–Kier alpha value is -1.46. The number of carbonyl (C=O) groups excluding carboxylic acids is 1. The van der Waals surface area contributed by atoms with Gasteiger partial charge in [0, 0.05) is 25.7 Å².